The molecule has 1 aromatic rings. The van der Waals surface area contributed by atoms with Crippen molar-refractivity contribution in [2.24, 2.45) is 11.7 Å². The maximum atomic E-state index is 13.5. The van der Waals surface area contributed by atoms with E-state index in [0.717, 1.165) is 12.1 Å². The van der Waals surface area contributed by atoms with E-state index in [-0.39, 0.29) is 12.0 Å². The number of nitrogens with zero attached hydrogens (tertiary/aromatic N) is 1. The molecule has 1 unspecified atom stereocenters. The van der Waals surface area contributed by atoms with Gasteiger partial charge in [-0.15, -0.1) is 0 Å². The molecule has 0 fully saturated rings. The Labute approximate surface area is 116 Å². The van der Waals surface area contributed by atoms with E-state index in [4.69, 9.17) is 5.73 Å². The summed E-state index contributed by atoms with van der Waals surface area (Å²) in [5.41, 5.74) is 5.37. The Kier molecular flexibility index (Phi) is 5.56. The minimum atomic E-state index is -1.64. The summed E-state index contributed by atoms with van der Waals surface area (Å²) in [4.78, 5) is 13.2. The highest BCUT2D eigenvalue weighted by molar-refractivity contribution is 5.94. The summed E-state index contributed by atoms with van der Waals surface area (Å²) in [7, 11) is 1.47. The zero-order valence-electron chi connectivity index (χ0n) is 11.8. The smallest absolute Gasteiger partial charge is 0.256 e. The van der Waals surface area contributed by atoms with Crippen molar-refractivity contribution >= 4 is 5.91 Å². The summed E-state index contributed by atoms with van der Waals surface area (Å²) in [6, 6.07) is 1.59. The highest BCUT2D eigenvalue weighted by atomic mass is 19.2. The van der Waals surface area contributed by atoms with E-state index in [1.54, 1.807) is 0 Å². The molecular formula is C14H19F3N2O. The van der Waals surface area contributed by atoms with Crippen LogP contribution in [0.1, 0.15) is 30.6 Å². The van der Waals surface area contributed by atoms with Gasteiger partial charge in [0.05, 0.1) is 5.56 Å². The summed E-state index contributed by atoms with van der Waals surface area (Å²) in [5, 5.41) is 0. The van der Waals surface area contributed by atoms with Crippen LogP contribution in [0.2, 0.25) is 0 Å². The number of amides is 1. The Morgan fingerprint density at radius 2 is 1.85 bits per heavy atom. The third-order valence-corrected chi connectivity index (χ3v) is 3.27. The molecule has 0 heterocycles. The van der Waals surface area contributed by atoms with Crippen molar-refractivity contribution in [1.82, 2.24) is 4.90 Å². The second-order valence-corrected chi connectivity index (χ2v) is 5.15. The zero-order chi connectivity index (χ0) is 15.4. The third-order valence-electron chi connectivity index (χ3n) is 3.27. The van der Waals surface area contributed by atoms with Crippen LogP contribution in [0, 0.1) is 23.4 Å². The number of halogens is 3. The van der Waals surface area contributed by atoms with Crippen molar-refractivity contribution in [3.63, 3.8) is 0 Å². The van der Waals surface area contributed by atoms with E-state index in [2.05, 4.69) is 0 Å². The van der Waals surface area contributed by atoms with Gasteiger partial charge in [-0.25, -0.2) is 13.2 Å². The molecule has 1 amide bonds. The van der Waals surface area contributed by atoms with Crippen molar-refractivity contribution < 1.29 is 18.0 Å². The van der Waals surface area contributed by atoms with Crippen LogP contribution in [0.25, 0.3) is 0 Å². The fourth-order valence-corrected chi connectivity index (χ4v) is 1.67. The predicted octanol–water partition coefficient (Wildman–Crippen LogP) is 2.55. The van der Waals surface area contributed by atoms with Gasteiger partial charge in [-0.2, -0.15) is 0 Å². The molecule has 2 N–H and O–H groups in total. The van der Waals surface area contributed by atoms with Gasteiger partial charge in [0.25, 0.3) is 5.91 Å². The molecule has 0 aromatic heterocycles. The van der Waals surface area contributed by atoms with Crippen LogP contribution in [-0.4, -0.2) is 30.4 Å². The average molecular weight is 288 g/mol. The van der Waals surface area contributed by atoms with Crippen LogP contribution in [-0.2, 0) is 0 Å². The monoisotopic (exact) mass is 288 g/mol. The molecular weight excluding hydrogens is 269 g/mol. The van der Waals surface area contributed by atoms with Gasteiger partial charge in [-0.05, 0) is 24.5 Å². The fraction of sp³-hybridized carbons (Fsp3) is 0.500. The van der Waals surface area contributed by atoms with Crippen LogP contribution >= 0.6 is 0 Å². The molecule has 1 aromatic carbocycles. The number of rotatable bonds is 5. The normalized spacial score (nSPS) is 12.6. The molecule has 0 aliphatic carbocycles. The lowest BCUT2D eigenvalue weighted by molar-refractivity contribution is 0.0783. The Morgan fingerprint density at radius 3 is 2.40 bits per heavy atom. The molecule has 112 valence electrons. The maximum Gasteiger partial charge on any atom is 0.256 e. The number of benzene rings is 1. The van der Waals surface area contributed by atoms with Gasteiger partial charge in [0, 0.05) is 19.6 Å². The summed E-state index contributed by atoms with van der Waals surface area (Å²) < 4.78 is 39.4. The standard InChI is InChI=1S/C14H19F3N2O/c1-8(2)11(18)6-7-19(3)14(20)9-4-5-10(15)13(17)12(9)16/h4-5,8,11H,6-7,18H2,1-3H3. The molecule has 0 aliphatic heterocycles. The van der Waals surface area contributed by atoms with Crippen LogP contribution in [0.3, 0.4) is 0 Å². The van der Waals surface area contributed by atoms with E-state index in [0.29, 0.717) is 13.0 Å². The van der Waals surface area contributed by atoms with Gasteiger partial charge < -0.3 is 10.6 Å². The summed E-state index contributed by atoms with van der Waals surface area (Å²) >= 11 is 0. The number of nitrogens with two attached hydrogens (primary N) is 1. The number of carbonyl (C=O) groups excluding carboxylic acids is 1. The summed E-state index contributed by atoms with van der Waals surface area (Å²) in [5.74, 6) is -4.85. The summed E-state index contributed by atoms with van der Waals surface area (Å²) in [6.45, 7) is 4.24. The second-order valence-electron chi connectivity index (χ2n) is 5.15. The molecule has 20 heavy (non-hydrogen) atoms. The quantitative estimate of drug-likeness (QED) is 0.846. The van der Waals surface area contributed by atoms with Gasteiger partial charge in [-0.3, -0.25) is 4.79 Å². The average Bonchev–Trinajstić information content (AvgIpc) is 2.41. The van der Waals surface area contributed by atoms with Crippen molar-refractivity contribution in [2.45, 2.75) is 26.3 Å². The highest BCUT2D eigenvalue weighted by Gasteiger charge is 2.21. The Balaban J connectivity index is 2.77. The highest BCUT2D eigenvalue weighted by Crippen LogP contribution is 2.17. The molecule has 0 saturated carbocycles. The number of hydrogen-bond acceptors (Lipinski definition) is 2. The number of hydrogen-bond donors (Lipinski definition) is 1. The first kappa shape index (κ1) is 16.5. The first-order valence-corrected chi connectivity index (χ1v) is 6.40. The first-order chi connectivity index (χ1) is 9.25. The van der Waals surface area contributed by atoms with Crippen LogP contribution in [0.4, 0.5) is 13.2 Å². The molecule has 0 radical (unpaired) electrons. The zero-order valence-corrected chi connectivity index (χ0v) is 11.8. The Hall–Kier alpha value is -1.56. The maximum absolute atomic E-state index is 13.5. The van der Waals surface area contributed by atoms with Gasteiger partial charge in [0.1, 0.15) is 0 Å². The van der Waals surface area contributed by atoms with E-state index < -0.39 is 28.9 Å². The molecule has 6 heteroatoms. The Morgan fingerprint density at radius 1 is 1.25 bits per heavy atom. The van der Waals surface area contributed by atoms with Crippen LogP contribution < -0.4 is 5.73 Å². The van der Waals surface area contributed by atoms with Crippen molar-refractivity contribution in [1.29, 1.82) is 0 Å². The van der Waals surface area contributed by atoms with Crippen LogP contribution in [0.5, 0.6) is 0 Å². The number of carbonyl (C=O) groups is 1. The van der Waals surface area contributed by atoms with Gasteiger partial charge in [0.15, 0.2) is 17.5 Å². The molecule has 1 rings (SSSR count). The second kappa shape index (κ2) is 6.74. The minimum absolute atomic E-state index is 0.0833. The topological polar surface area (TPSA) is 46.3 Å². The molecule has 0 bridgehead atoms. The van der Waals surface area contributed by atoms with Crippen molar-refractivity contribution in [3.05, 3.63) is 35.1 Å². The van der Waals surface area contributed by atoms with Crippen LogP contribution in [0.15, 0.2) is 12.1 Å². The van der Waals surface area contributed by atoms with E-state index >= 15 is 0 Å². The lowest BCUT2D eigenvalue weighted by Gasteiger charge is -2.21. The van der Waals surface area contributed by atoms with E-state index in [1.165, 1.54) is 11.9 Å². The molecule has 0 saturated heterocycles. The lowest BCUT2D eigenvalue weighted by atomic mass is 10.0. The molecule has 3 nitrogen and oxygen atoms in total. The Bertz CT molecular complexity index is 492. The largest absolute Gasteiger partial charge is 0.342 e. The molecule has 1 atom stereocenters. The lowest BCUT2D eigenvalue weighted by Crippen LogP contribution is -2.35. The molecule has 0 spiro atoms. The SMILES string of the molecule is CC(C)C(N)CCN(C)C(=O)c1ccc(F)c(F)c1F. The van der Waals surface area contributed by atoms with Gasteiger partial charge in [0.2, 0.25) is 0 Å². The van der Waals surface area contributed by atoms with Gasteiger partial charge in [-0.1, -0.05) is 13.8 Å². The molecule has 0 aliphatic rings. The van der Waals surface area contributed by atoms with Crippen molar-refractivity contribution in [2.75, 3.05) is 13.6 Å². The fourth-order valence-electron chi connectivity index (χ4n) is 1.67. The first-order valence-electron chi connectivity index (χ1n) is 6.40. The predicted molar refractivity (Wildman–Crippen MR) is 70.7 cm³/mol. The third kappa shape index (κ3) is 3.72. The van der Waals surface area contributed by atoms with Gasteiger partial charge >= 0.3 is 0 Å². The van der Waals surface area contributed by atoms with E-state index in [9.17, 15) is 18.0 Å². The van der Waals surface area contributed by atoms with E-state index in [1.807, 2.05) is 13.8 Å². The van der Waals surface area contributed by atoms with Crippen molar-refractivity contribution in [3.8, 4) is 0 Å². The minimum Gasteiger partial charge on any atom is -0.342 e. The summed E-state index contributed by atoms with van der Waals surface area (Å²) in [6.07, 6.45) is 0.547.